The number of methoxy groups -OCH3 is 1. The van der Waals surface area contributed by atoms with E-state index < -0.39 is 0 Å². The maximum absolute atomic E-state index is 12.7. The number of amides is 1. The van der Waals surface area contributed by atoms with Crippen LogP contribution < -0.4 is 10.1 Å². The van der Waals surface area contributed by atoms with Gasteiger partial charge in [0, 0.05) is 32.5 Å². The van der Waals surface area contributed by atoms with Crippen LogP contribution in [0, 0.1) is 0 Å². The van der Waals surface area contributed by atoms with E-state index in [4.69, 9.17) is 9.47 Å². The second-order valence-corrected chi connectivity index (χ2v) is 6.51. The molecule has 1 unspecified atom stereocenters. The fraction of sp³-hybridized carbons (Fsp3) is 0.500. The summed E-state index contributed by atoms with van der Waals surface area (Å²) >= 11 is 0. The lowest BCUT2D eigenvalue weighted by molar-refractivity contribution is 0.0929. The molecular weight excluding hydrogens is 320 g/mol. The van der Waals surface area contributed by atoms with E-state index in [-0.39, 0.29) is 11.9 Å². The third kappa shape index (κ3) is 3.11. The van der Waals surface area contributed by atoms with Crippen LogP contribution in [0.4, 0.5) is 0 Å². The number of fused-ring (bicyclic) bond motifs is 2. The van der Waals surface area contributed by atoms with Gasteiger partial charge in [-0.3, -0.25) is 4.79 Å². The fourth-order valence-corrected chi connectivity index (χ4v) is 3.59. The first-order chi connectivity index (χ1) is 12.3. The molecule has 25 heavy (non-hydrogen) atoms. The van der Waals surface area contributed by atoms with Crippen molar-refractivity contribution < 1.29 is 14.3 Å². The highest BCUT2D eigenvalue weighted by atomic mass is 16.5. The number of para-hydroxylation sites is 1. The summed E-state index contributed by atoms with van der Waals surface area (Å²) in [7, 11) is 1.65. The van der Waals surface area contributed by atoms with Gasteiger partial charge >= 0.3 is 0 Å². The molecule has 4 rings (SSSR count). The van der Waals surface area contributed by atoms with Gasteiger partial charge in [-0.15, -0.1) is 10.2 Å². The van der Waals surface area contributed by atoms with Gasteiger partial charge in [0.05, 0.1) is 12.2 Å². The van der Waals surface area contributed by atoms with Crippen molar-refractivity contribution in [3.8, 4) is 5.75 Å². The summed E-state index contributed by atoms with van der Waals surface area (Å²) in [6.07, 6.45) is 3.37. The normalized spacial score (nSPS) is 18.8. The molecule has 2 aromatic rings. The van der Waals surface area contributed by atoms with Crippen LogP contribution in [-0.4, -0.2) is 40.4 Å². The molecule has 0 aliphatic carbocycles. The molecule has 0 saturated heterocycles. The van der Waals surface area contributed by atoms with Crippen LogP contribution in [0.5, 0.6) is 5.75 Å². The lowest BCUT2D eigenvalue weighted by Gasteiger charge is -2.17. The zero-order chi connectivity index (χ0) is 17.2. The van der Waals surface area contributed by atoms with Crippen LogP contribution in [0.1, 0.15) is 40.4 Å². The number of rotatable bonds is 4. The monoisotopic (exact) mass is 342 g/mol. The number of hydrogen-bond acceptors (Lipinski definition) is 5. The molecule has 7 nitrogen and oxygen atoms in total. The van der Waals surface area contributed by atoms with Crippen molar-refractivity contribution in [3.05, 3.63) is 41.0 Å². The smallest absolute Gasteiger partial charge is 0.255 e. The van der Waals surface area contributed by atoms with Crippen molar-refractivity contribution in [1.82, 2.24) is 20.1 Å². The molecule has 0 radical (unpaired) electrons. The summed E-state index contributed by atoms with van der Waals surface area (Å²) in [5.74, 6) is 2.50. The van der Waals surface area contributed by atoms with Gasteiger partial charge in [0.15, 0.2) is 5.82 Å². The zero-order valence-electron chi connectivity index (χ0n) is 14.3. The van der Waals surface area contributed by atoms with Crippen molar-refractivity contribution >= 4 is 5.91 Å². The molecule has 1 N–H and O–H groups in total. The molecule has 2 aliphatic heterocycles. The first-order valence-corrected chi connectivity index (χ1v) is 8.71. The molecule has 1 aromatic carbocycles. The third-order valence-corrected chi connectivity index (χ3v) is 4.89. The first kappa shape index (κ1) is 16.1. The molecule has 132 valence electrons. The Bertz CT molecular complexity index is 787. The number of hydrogen-bond donors (Lipinski definition) is 1. The van der Waals surface area contributed by atoms with E-state index in [9.17, 15) is 4.79 Å². The Kier molecular flexibility index (Phi) is 4.40. The van der Waals surface area contributed by atoms with Crippen molar-refractivity contribution in [2.75, 3.05) is 13.7 Å². The Hall–Kier alpha value is -2.41. The van der Waals surface area contributed by atoms with E-state index in [0.717, 1.165) is 55.2 Å². The van der Waals surface area contributed by atoms with Gasteiger partial charge in [-0.1, -0.05) is 12.1 Å². The van der Waals surface area contributed by atoms with Gasteiger partial charge in [0.1, 0.15) is 18.2 Å². The van der Waals surface area contributed by atoms with Crippen LogP contribution in [0.2, 0.25) is 0 Å². The number of aromatic nitrogens is 3. The van der Waals surface area contributed by atoms with Gasteiger partial charge in [-0.2, -0.15) is 0 Å². The number of carbonyl (C=O) groups excluding carboxylic acids is 1. The summed E-state index contributed by atoms with van der Waals surface area (Å²) in [4.78, 5) is 12.7. The van der Waals surface area contributed by atoms with Crippen LogP contribution in [0.15, 0.2) is 18.2 Å². The molecule has 1 aromatic heterocycles. The van der Waals surface area contributed by atoms with Crippen LogP contribution in [-0.2, 0) is 30.7 Å². The average molecular weight is 342 g/mol. The lowest BCUT2D eigenvalue weighted by atomic mass is 10.1. The Balaban J connectivity index is 1.44. The highest BCUT2D eigenvalue weighted by molar-refractivity contribution is 5.97. The van der Waals surface area contributed by atoms with Gasteiger partial charge in [0.2, 0.25) is 0 Å². The number of aryl methyl sites for hydroxylation is 1. The maximum atomic E-state index is 12.7. The molecule has 3 heterocycles. The second kappa shape index (κ2) is 6.84. The highest BCUT2D eigenvalue weighted by Crippen LogP contribution is 2.29. The quantitative estimate of drug-likeness (QED) is 0.911. The minimum absolute atomic E-state index is 0.0569. The minimum atomic E-state index is -0.0569. The molecule has 2 aliphatic rings. The van der Waals surface area contributed by atoms with Crippen LogP contribution in [0.3, 0.4) is 0 Å². The largest absolute Gasteiger partial charge is 0.492 e. The van der Waals surface area contributed by atoms with Crippen molar-refractivity contribution in [3.63, 3.8) is 0 Å². The molecule has 0 bridgehead atoms. The van der Waals surface area contributed by atoms with E-state index in [0.29, 0.717) is 18.8 Å². The lowest BCUT2D eigenvalue weighted by Crippen LogP contribution is -2.35. The highest BCUT2D eigenvalue weighted by Gasteiger charge is 2.25. The average Bonchev–Trinajstić information content (AvgIpc) is 3.19. The molecule has 0 spiro atoms. The molecule has 0 fully saturated rings. The summed E-state index contributed by atoms with van der Waals surface area (Å²) in [5.41, 5.74) is 1.75. The Labute approximate surface area is 146 Å². The van der Waals surface area contributed by atoms with Gasteiger partial charge in [-0.25, -0.2) is 0 Å². The summed E-state index contributed by atoms with van der Waals surface area (Å²) in [5, 5.41) is 11.6. The Morgan fingerprint density at radius 3 is 3.16 bits per heavy atom. The Morgan fingerprint density at radius 1 is 1.36 bits per heavy atom. The standard InChI is InChI=1S/C18H22N4O3/c1-24-11-16-21-20-15-6-5-13(7-9-22(15)16)19-18(23)14-4-2-3-12-8-10-25-17(12)14/h2-4,13H,5-11H2,1H3,(H,19,23). The number of benzene rings is 1. The second-order valence-electron chi connectivity index (χ2n) is 6.51. The van der Waals surface area contributed by atoms with Crippen molar-refractivity contribution in [2.24, 2.45) is 0 Å². The number of nitrogens with zero attached hydrogens (tertiary/aromatic N) is 3. The van der Waals surface area contributed by atoms with E-state index in [2.05, 4.69) is 20.1 Å². The molecule has 7 heteroatoms. The predicted molar refractivity (Wildman–Crippen MR) is 90.6 cm³/mol. The van der Waals surface area contributed by atoms with Gasteiger partial charge in [0.25, 0.3) is 5.91 Å². The number of carbonyl (C=O) groups is 1. The number of nitrogens with one attached hydrogen (secondary N) is 1. The van der Waals surface area contributed by atoms with Gasteiger partial charge < -0.3 is 19.4 Å². The van der Waals surface area contributed by atoms with Crippen LogP contribution in [0.25, 0.3) is 0 Å². The van der Waals surface area contributed by atoms with Crippen molar-refractivity contribution in [1.29, 1.82) is 0 Å². The summed E-state index contributed by atoms with van der Waals surface area (Å²) in [6, 6.07) is 5.89. The molecule has 1 amide bonds. The first-order valence-electron chi connectivity index (χ1n) is 8.71. The number of ether oxygens (including phenoxy) is 2. The van der Waals surface area contributed by atoms with E-state index in [1.165, 1.54) is 0 Å². The van der Waals surface area contributed by atoms with E-state index in [1.807, 2.05) is 18.2 Å². The summed E-state index contributed by atoms with van der Waals surface area (Å²) < 4.78 is 12.9. The van der Waals surface area contributed by atoms with Crippen LogP contribution >= 0.6 is 0 Å². The molecule has 1 atom stereocenters. The predicted octanol–water partition coefficient (Wildman–Crippen LogP) is 1.49. The molecule has 0 saturated carbocycles. The third-order valence-electron chi connectivity index (χ3n) is 4.89. The fourth-order valence-electron chi connectivity index (χ4n) is 3.59. The van der Waals surface area contributed by atoms with E-state index >= 15 is 0 Å². The SMILES string of the molecule is COCc1nnc2n1CCC(NC(=O)c1cccc3c1OCC3)CC2. The van der Waals surface area contributed by atoms with E-state index in [1.54, 1.807) is 7.11 Å². The zero-order valence-corrected chi connectivity index (χ0v) is 14.3. The van der Waals surface area contributed by atoms with Gasteiger partial charge in [-0.05, 0) is 24.5 Å². The maximum Gasteiger partial charge on any atom is 0.255 e. The topological polar surface area (TPSA) is 78.3 Å². The Morgan fingerprint density at radius 2 is 2.28 bits per heavy atom. The van der Waals surface area contributed by atoms with Crippen molar-refractivity contribution in [2.45, 2.75) is 44.9 Å². The summed E-state index contributed by atoms with van der Waals surface area (Å²) in [6.45, 7) is 1.90. The molecular formula is C18H22N4O3. The minimum Gasteiger partial charge on any atom is -0.492 e.